The van der Waals surface area contributed by atoms with Crippen molar-refractivity contribution in [3.05, 3.63) is 52.8 Å². The molecule has 0 spiro atoms. The van der Waals surface area contributed by atoms with E-state index >= 15 is 0 Å². The summed E-state index contributed by atoms with van der Waals surface area (Å²) in [7, 11) is 0. The number of nitrogens with zero attached hydrogens (tertiary/aromatic N) is 1. The van der Waals surface area contributed by atoms with Crippen LogP contribution in [0.5, 0.6) is 11.5 Å². The maximum absolute atomic E-state index is 6.02. The van der Waals surface area contributed by atoms with Gasteiger partial charge in [0.05, 0.1) is 6.20 Å². The summed E-state index contributed by atoms with van der Waals surface area (Å²) in [5.74, 6) is 1.52. The van der Waals surface area contributed by atoms with Crippen LogP contribution in [-0.2, 0) is 6.54 Å². The number of pyridine rings is 1. The second kappa shape index (κ2) is 6.73. The lowest BCUT2D eigenvalue weighted by atomic mass is 10.2. The average molecular weight is 291 g/mol. The summed E-state index contributed by atoms with van der Waals surface area (Å²) in [6.45, 7) is 6.97. The molecule has 0 bridgehead atoms. The zero-order valence-electron chi connectivity index (χ0n) is 12.0. The third-order valence-electron chi connectivity index (χ3n) is 2.94. The molecule has 1 aromatic heterocycles. The van der Waals surface area contributed by atoms with E-state index in [0.29, 0.717) is 11.1 Å². The van der Waals surface area contributed by atoms with Crippen molar-refractivity contribution in [3.63, 3.8) is 0 Å². The van der Waals surface area contributed by atoms with Crippen LogP contribution in [0.15, 0.2) is 36.7 Å². The number of rotatable bonds is 5. The highest BCUT2D eigenvalue weighted by atomic mass is 35.5. The van der Waals surface area contributed by atoms with Gasteiger partial charge in [-0.25, -0.2) is 0 Å². The minimum absolute atomic E-state index is 0.420. The smallest absolute Gasteiger partial charge is 0.150 e. The van der Waals surface area contributed by atoms with Crippen molar-refractivity contribution in [1.82, 2.24) is 10.3 Å². The maximum Gasteiger partial charge on any atom is 0.150 e. The van der Waals surface area contributed by atoms with E-state index in [1.165, 1.54) is 0 Å². The van der Waals surface area contributed by atoms with Crippen molar-refractivity contribution in [2.24, 2.45) is 0 Å². The Hall–Kier alpha value is -1.58. The number of halogens is 1. The molecule has 0 aliphatic heterocycles. The van der Waals surface area contributed by atoms with E-state index in [1.54, 1.807) is 12.4 Å². The van der Waals surface area contributed by atoms with Crippen molar-refractivity contribution in [3.8, 4) is 11.5 Å². The molecule has 0 unspecified atom stereocenters. The first-order chi connectivity index (χ1) is 9.56. The fourth-order valence-corrected chi connectivity index (χ4v) is 1.93. The fraction of sp³-hybridized carbons (Fsp3) is 0.312. The van der Waals surface area contributed by atoms with Gasteiger partial charge in [0.2, 0.25) is 0 Å². The molecule has 20 heavy (non-hydrogen) atoms. The Bertz CT molecular complexity index is 584. The Kier molecular flexibility index (Phi) is 4.99. The van der Waals surface area contributed by atoms with Gasteiger partial charge in [-0.15, -0.1) is 0 Å². The van der Waals surface area contributed by atoms with Gasteiger partial charge < -0.3 is 10.1 Å². The highest BCUT2D eigenvalue weighted by Gasteiger charge is 2.08. The van der Waals surface area contributed by atoms with Crippen LogP contribution >= 0.6 is 11.6 Å². The first-order valence-corrected chi connectivity index (χ1v) is 7.04. The van der Waals surface area contributed by atoms with Crippen LogP contribution in [-0.4, -0.2) is 11.0 Å². The molecule has 4 heteroatoms. The maximum atomic E-state index is 6.02. The Morgan fingerprint density at radius 1 is 1.25 bits per heavy atom. The Balaban J connectivity index is 2.22. The summed E-state index contributed by atoms with van der Waals surface area (Å²) in [4.78, 5) is 4.13. The number of benzene rings is 1. The van der Waals surface area contributed by atoms with Crippen LogP contribution in [0, 0.1) is 6.92 Å². The van der Waals surface area contributed by atoms with Gasteiger partial charge >= 0.3 is 0 Å². The van der Waals surface area contributed by atoms with Gasteiger partial charge in [-0.1, -0.05) is 31.5 Å². The summed E-state index contributed by atoms with van der Waals surface area (Å²) >= 11 is 6.02. The molecule has 106 valence electrons. The minimum Gasteiger partial charge on any atom is -0.455 e. The summed E-state index contributed by atoms with van der Waals surface area (Å²) in [5.41, 5.74) is 2.12. The van der Waals surface area contributed by atoms with E-state index in [0.717, 1.165) is 29.2 Å². The molecule has 1 heterocycles. The summed E-state index contributed by atoms with van der Waals surface area (Å²) in [5, 5.41) is 4.04. The molecule has 0 amide bonds. The monoisotopic (exact) mass is 290 g/mol. The molecule has 0 aliphatic rings. The molecule has 0 saturated carbocycles. The fourth-order valence-electron chi connectivity index (χ4n) is 1.76. The van der Waals surface area contributed by atoms with E-state index in [-0.39, 0.29) is 0 Å². The number of hydrogen-bond donors (Lipinski definition) is 1. The van der Waals surface area contributed by atoms with Crippen LogP contribution < -0.4 is 10.1 Å². The molecular weight excluding hydrogens is 272 g/mol. The molecule has 0 fully saturated rings. The molecule has 0 aliphatic carbocycles. The lowest BCUT2D eigenvalue weighted by molar-refractivity contribution is 0.464. The molecular formula is C16H19ClN2O. The summed E-state index contributed by atoms with van der Waals surface area (Å²) in [6, 6.07) is 8.01. The first-order valence-electron chi connectivity index (χ1n) is 6.66. The van der Waals surface area contributed by atoms with E-state index in [4.69, 9.17) is 16.3 Å². The zero-order chi connectivity index (χ0) is 14.5. The topological polar surface area (TPSA) is 34.1 Å². The third-order valence-corrected chi connectivity index (χ3v) is 3.18. The van der Waals surface area contributed by atoms with Crippen molar-refractivity contribution >= 4 is 11.6 Å². The van der Waals surface area contributed by atoms with Crippen LogP contribution in [0.25, 0.3) is 0 Å². The van der Waals surface area contributed by atoms with Gasteiger partial charge in [0.15, 0.2) is 0 Å². The molecule has 0 atom stereocenters. The van der Waals surface area contributed by atoms with Gasteiger partial charge in [-0.3, -0.25) is 4.98 Å². The van der Waals surface area contributed by atoms with E-state index in [9.17, 15) is 0 Å². The minimum atomic E-state index is 0.420. The SMILES string of the molecule is Cc1ccc(Cl)cc1Oc1cnccc1CNC(C)C. The zero-order valence-corrected chi connectivity index (χ0v) is 12.7. The predicted octanol–water partition coefficient (Wildman–Crippen LogP) is 4.33. The normalized spacial score (nSPS) is 10.8. The van der Waals surface area contributed by atoms with Gasteiger partial charge in [0, 0.05) is 29.4 Å². The molecule has 0 saturated heterocycles. The molecule has 1 aromatic carbocycles. The number of aromatic nitrogens is 1. The predicted molar refractivity (Wildman–Crippen MR) is 82.5 cm³/mol. The summed E-state index contributed by atoms with van der Waals surface area (Å²) in [6.07, 6.45) is 3.51. The molecule has 3 nitrogen and oxygen atoms in total. The lowest BCUT2D eigenvalue weighted by Crippen LogP contribution is -2.22. The molecule has 1 N–H and O–H groups in total. The van der Waals surface area contributed by atoms with Crippen LogP contribution in [0.2, 0.25) is 5.02 Å². The largest absolute Gasteiger partial charge is 0.455 e. The highest BCUT2D eigenvalue weighted by molar-refractivity contribution is 6.30. The Labute approximate surface area is 124 Å². The van der Waals surface area contributed by atoms with Crippen molar-refractivity contribution in [1.29, 1.82) is 0 Å². The molecule has 0 radical (unpaired) electrons. The number of hydrogen-bond acceptors (Lipinski definition) is 3. The van der Waals surface area contributed by atoms with Gasteiger partial charge in [-0.2, -0.15) is 0 Å². The first kappa shape index (κ1) is 14.8. The Morgan fingerprint density at radius 3 is 2.80 bits per heavy atom. The molecule has 2 rings (SSSR count). The molecule has 2 aromatic rings. The number of nitrogens with one attached hydrogen (secondary N) is 1. The number of aryl methyl sites for hydroxylation is 1. The standard InChI is InChI=1S/C16H19ClN2O/c1-11(2)19-9-13-6-7-18-10-16(13)20-15-8-14(17)5-4-12(15)3/h4-8,10-11,19H,9H2,1-3H3. The van der Waals surface area contributed by atoms with Crippen LogP contribution in [0.3, 0.4) is 0 Å². The average Bonchev–Trinajstić information content (AvgIpc) is 2.42. The highest BCUT2D eigenvalue weighted by Crippen LogP contribution is 2.29. The van der Waals surface area contributed by atoms with Crippen molar-refractivity contribution < 1.29 is 4.74 Å². The lowest BCUT2D eigenvalue weighted by Gasteiger charge is -2.14. The van der Waals surface area contributed by atoms with E-state index < -0.39 is 0 Å². The quantitative estimate of drug-likeness (QED) is 0.890. The van der Waals surface area contributed by atoms with Crippen LogP contribution in [0.1, 0.15) is 25.0 Å². The van der Waals surface area contributed by atoms with Gasteiger partial charge in [-0.05, 0) is 30.7 Å². The summed E-state index contributed by atoms with van der Waals surface area (Å²) < 4.78 is 5.97. The third kappa shape index (κ3) is 3.95. The van der Waals surface area contributed by atoms with E-state index in [2.05, 4.69) is 24.1 Å². The van der Waals surface area contributed by atoms with Crippen molar-refractivity contribution in [2.45, 2.75) is 33.4 Å². The second-order valence-corrected chi connectivity index (χ2v) is 5.47. The Morgan fingerprint density at radius 2 is 2.05 bits per heavy atom. The van der Waals surface area contributed by atoms with Gasteiger partial charge in [0.25, 0.3) is 0 Å². The van der Waals surface area contributed by atoms with E-state index in [1.807, 2.05) is 31.2 Å². The van der Waals surface area contributed by atoms with Crippen LogP contribution in [0.4, 0.5) is 0 Å². The second-order valence-electron chi connectivity index (χ2n) is 5.03. The number of ether oxygens (including phenoxy) is 1. The van der Waals surface area contributed by atoms with Gasteiger partial charge in [0.1, 0.15) is 11.5 Å². The van der Waals surface area contributed by atoms with Crippen molar-refractivity contribution in [2.75, 3.05) is 0 Å².